The van der Waals surface area contributed by atoms with Crippen LogP contribution >= 0.6 is 11.6 Å². The number of aromatic nitrogens is 3. The molecule has 7 nitrogen and oxygen atoms in total. The third-order valence-electron chi connectivity index (χ3n) is 4.55. The molecule has 28 heavy (non-hydrogen) atoms. The van der Waals surface area contributed by atoms with Gasteiger partial charge in [-0.1, -0.05) is 17.7 Å². The van der Waals surface area contributed by atoms with Crippen molar-refractivity contribution in [3.63, 3.8) is 0 Å². The number of nitrogens with one attached hydrogen (secondary N) is 1. The molecule has 8 heteroatoms. The van der Waals surface area contributed by atoms with Crippen LogP contribution in [0, 0.1) is 5.92 Å². The number of rotatable bonds is 4. The third-order valence-corrected chi connectivity index (χ3v) is 4.79. The SMILES string of the molecule is CCN1CC(=Nc2cccc(Cl)c2)C(C(C)=O)C(c2nc3ncccc3[nH]2)=N1. The monoisotopic (exact) mass is 394 g/mol. The average molecular weight is 395 g/mol. The molecule has 1 atom stereocenters. The molecule has 0 aliphatic carbocycles. The van der Waals surface area contributed by atoms with E-state index in [0.717, 1.165) is 11.2 Å². The Labute approximate surface area is 167 Å². The summed E-state index contributed by atoms with van der Waals surface area (Å²) in [4.78, 5) is 29.4. The lowest BCUT2D eigenvalue weighted by Gasteiger charge is -2.29. The molecule has 1 unspecified atom stereocenters. The van der Waals surface area contributed by atoms with Gasteiger partial charge in [-0.3, -0.25) is 14.8 Å². The van der Waals surface area contributed by atoms with Gasteiger partial charge in [0.2, 0.25) is 0 Å². The average Bonchev–Trinajstić information content (AvgIpc) is 3.11. The minimum absolute atomic E-state index is 0.0382. The fourth-order valence-electron chi connectivity index (χ4n) is 3.25. The number of carbonyl (C=O) groups excluding carboxylic acids is 1. The van der Waals surface area contributed by atoms with E-state index < -0.39 is 5.92 Å². The van der Waals surface area contributed by atoms with Crippen LogP contribution in [0.25, 0.3) is 11.2 Å². The summed E-state index contributed by atoms with van der Waals surface area (Å²) in [6.07, 6.45) is 1.68. The number of hydrazone groups is 1. The molecule has 1 aromatic carbocycles. The highest BCUT2D eigenvalue weighted by atomic mass is 35.5. The Hall–Kier alpha value is -3.06. The Morgan fingerprint density at radius 3 is 2.93 bits per heavy atom. The third kappa shape index (κ3) is 3.53. The van der Waals surface area contributed by atoms with Crippen molar-refractivity contribution in [2.75, 3.05) is 13.1 Å². The van der Waals surface area contributed by atoms with Gasteiger partial charge in [0.1, 0.15) is 17.4 Å². The highest BCUT2D eigenvalue weighted by molar-refractivity contribution is 6.31. The van der Waals surface area contributed by atoms with Crippen LogP contribution in [0.15, 0.2) is 52.7 Å². The maximum Gasteiger partial charge on any atom is 0.178 e. The number of imidazole rings is 1. The molecule has 1 aliphatic rings. The molecule has 0 amide bonds. The number of aromatic amines is 1. The molecule has 2 aromatic heterocycles. The van der Waals surface area contributed by atoms with Gasteiger partial charge >= 0.3 is 0 Å². The predicted molar refractivity (Wildman–Crippen MR) is 110 cm³/mol. The van der Waals surface area contributed by atoms with Gasteiger partial charge < -0.3 is 4.98 Å². The van der Waals surface area contributed by atoms with Crippen molar-refractivity contribution in [3.8, 4) is 0 Å². The number of nitrogens with zero attached hydrogens (tertiary/aromatic N) is 5. The number of H-pyrrole nitrogens is 1. The molecule has 1 N–H and O–H groups in total. The predicted octanol–water partition coefficient (Wildman–Crippen LogP) is 3.63. The van der Waals surface area contributed by atoms with Gasteiger partial charge in [0, 0.05) is 17.8 Å². The fraction of sp³-hybridized carbons (Fsp3) is 0.250. The van der Waals surface area contributed by atoms with Crippen LogP contribution in [0.5, 0.6) is 0 Å². The summed E-state index contributed by atoms with van der Waals surface area (Å²) in [5, 5.41) is 7.15. The molecule has 0 fully saturated rings. The molecule has 1 aliphatic heterocycles. The first-order chi connectivity index (χ1) is 13.5. The molecule has 0 bridgehead atoms. The molecular formula is C20H19ClN6O. The number of Topliss-reactive ketones (excluding diaryl/α,β-unsaturated/α-hetero) is 1. The summed E-state index contributed by atoms with van der Waals surface area (Å²) in [5.74, 6) is -0.0862. The Bertz CT molecular complexity index is 1070. The second kappa shape index (κ2) is 7.52. The molecule has 142 valence electrons. The molecule has 0 saturated carbocycles. The van der Waals surface area contributed by atoms with Crippen molar-refractivity contribution >= 4 is 45.7 Å². The van der Waals surface area contributed by atoms with Crippen LogP contribution in [-0.4, -0.2) is 50.3 Å². The van der Waals surface area contributed by atoms with E-state index in [1.54, 1.807) is 25.3 Å². The largest absolute Gasteiger partial charge is 0.335 e. The first-order valence-corrected chi connectivity index (χ1v) is 9.41. The zero-order chi connectivity index (χ0) is 19.7. The molecule has 3 aromatic rings. The summed E-state index contributed by atoms with van der Waals surface area (Å²) in [5.41, 5.74) is 3.36. The lowest BCUT2D eigenvalue weighted by Crippen LogP contribution is -2.44. The Balaban J connectivity index is 1.83. The maximum atomic E-state index is 12.6. The van der Waals surface area contributed by atoms with E-state index in [0.29, 0.717) is 41.0 Å². The quantitative estimate of drug-likeness (QED) is 0.732. The van der Waals surface area contributed by atoms with Gasteiger partial charge in [0.15, 0.2) is 11.5 Å². The van der Waals surface area contributed by atoms with Gasteiger partial charge in [0.25, 0.3) is 0 Å². The number of hydrogen-bond acceptors (Lipinski definition) is 6. The zero-order valence-electron chi connectivity index (χ0n) is 15.6. The van der Waals surface area contributed by atoms with Crippen LogP contribution in [0.4, 0.5) is 5.69 Å². The van der Waals surface area contributed by atoms with E-state index in [1.165, 1.54) is 0 Å². The van der Waals surface area contributed by atoms with Gasteiger partial charge in [-0.05, 0) is 44.2 Å². The van der Waals surface area contributed by atoms with E-state index in [2.05, 4.69) is 20.1 Å². The highest BCUT2D eigenvalue weighted by Gasteiger charge is 2.35. The van der Waals surface area contributed by atoms with Crippen molar-refractivity contribution in [1.29, 1.82) is 0 Å². The molecule has 3 heterocycles. The lowest BCUT2D eigenvalue weighted by molar-refractivity contribution is -0.117. The highest BCUT2D eigenvalue weighted by Crippen LogP contribution is 2.24. The van der Waals surface area contributed by atoms with E-state index in [-0.39, 0.29) is 5.78 Å². The van der Waals surface area contributed by atoms with E-state index in [9.17, 15) is 4.79 Å². The van der Waals surface area contributed by atoms with Crippen molar-refractivity contribution in [3.05, 3.63) is 53.4 Å². The van der Waals surface area contributed by atoms with Crippen LogP contribution in [-0.2, 0) is 4.79 Å². The van der Waals surface area contributed by atoms with E-state index in [4.69, 9.17) is 16.6 Å². The van der Waals surface area contributed by atoms with Crippen molar-refractivity contribution in [2.24, 2.45) is 16.0 Å². The number of aliphatic imine (C=N–C) groups is 1. The smallest absolute Gasteiger partial charge is 0.178 e. The van der Waals surface area contributed by atoms with Gasteiger partial charge in [-0.15, -0.1) is 0 Å². The summed E-state index contributed by atoms with van der Waals surface area (Å²) < 4.78 is 0. The molecule has 0 spiro atoms. The number of fused-ring (bicyclic) bond motifs is 1. The van der Waals surface area contributed by atoms with Crippen LogP contribution in [0.3, 0.4) is 0 Å². The number of halogens is 1. The Kier molecular flexibility index (Phi) is 4.92. The van der Waals surface area contributed by atoms with Crippen LogP contribution in [0.2, 0.25) is 5.02 Å². The fourth-order valence-corrected chi connectivity index (χ4v) is 3.44. The Morgan fingerprint density at radius 1 is 1.36 bits per heavy atom. The lowest BCUT2D eigenvalue weighted by atomic mass is 9.91. The maximum absolute atomic E-state index is 12.6. The molecular weight excluding hydrogens is 376 g/mol. The minimum atomic E-state index is -0.581. The summed E-state index contributed by atoms with van der Waals surface area (Å²) in [7, 11) is 0. The normalized spacial score (nSPS) is 18.5. The van der Waals surface area contributed by atoms with E-state index >= 15 is 0 Å². The number of benzene rings is 1. The zero-order valence-corrected chi connectivity index (χ0v) is 16.3. The number of carbonyl (C=O) groups is 1. The Morgan fingerprint density at radius 2 is 2.21 bits per heavy atom. The molecule has 0 radical (unpaired) electrons. The standard InChI is InChI=1S/C20H19ClN6O/c1-3-27-11-16(23-14-7-4-6-13(21)10-14)17(12(2)28)18(26-27)20-24-15-8-5-9-22-19(15)25-20/h4-10,17H,3,11H2,1-2H3,(H,22,24,25). The summed E-state index contributed by atoms with van der Waals surface area (Å²) in [6, 6.07) is 11.0. The first kappa shape index (κ1) is 18.3. The van der Waals surface area contributed by atoms with Crippen molar-refractivity contribution in [1.82, 2.24) is 20.0 Å². The first-order valence-electron chi connectivity index (χ1n) is 9.03. The molecule has 4 rings (SSSR count). The number of ketones is 1. The van der Waals surface area contributed by atoms with Gasteiger partial charge in [-0.2, -0.15) is 5.10 Å². The minimum Gasteiger partial charge on any atom is -0.335 e. The van der Waals surface area contributed by atoms with E-state index in [1.807, 2.05) is 36.2 Å². The van der Waals surface area contributed by atoms with Gasteiger partial charge in [0.05, 0.1) is 23.5 Å². The van der Waals surface area contributed by atoms with Crippen molar-refractivity contribution in [2.45, 2.75) is 13.8 Å². The topological polar surface area (TPSA) is 86.6 Å². The summed E-state index contributed by atoms with van der Waals surface area (Å²) >= 11 is 6.09. The second-order valence-electron chi connectivity index (χ2n) is 6.55. The number of hydrogen-bond donors (Lipinski definition) is 1. The van der Waals surface area contributed by atoms with Crippen molar-refractivity contribution < 1.29 is 4.79 Å². The second-order valence-corrected chi connectivity index (χ2v) is 6.99. The van der Waals surface area contributed by atoms with Gasteiger partial charge in [-0.25, -0.2) is 9.97 Å². The molecule has 0 saturated heterocycles. The van der Waals surface area contributed by atoms with Crippen LogP contribution < -0.4 is 0 Å². The van der Waals surface area contributed by atoms with Crippen LogP contribution in [0.1, 0.15) is 19.7 Å². The number of pyridine rings is 1. The summed E-state index contributed by atoms with van der Waals surface area (Å²) in [6.45, 7) is 4.71.